The number of aryl methyl sites for hydroxylation is 1. The molecule has 0 saturated carbocycles. The first kappa shape index (κ1) is 24.1. The zero-order chi connectivity index (χ0) is 23.5. The van der Waals surface area contributed by atoms with Crippen LogP contribution in [0.4, 0.5) is 0 Å². The van der Waals surface area contributed by atoms with Crippen LogP contribution in [0.5, 0.6) is 5.75 Å². The molecule has 0 aliphatic rings. The number of benzene rings is 3. The molecule has 1 atom stereocenters. The minimum Gasteiger partial charge on any atom is -0.484 e. The lowest BCUT2D eigenvalue weighted by Gasteiger charge is -2.31. The van der Waals surface area contributed by atoms with Gasteiger partial charge in [0.25, 0.3) is 5.91 Å². The van der Waals surface area contributed by atoms with Crippen LogP contribution in [0.15, 0.2) is 84.9 Å². The van der Waals surface area contributed by atoms with Crippen LogP contribution in [-0.4, -0.2) is 35.9 Å². The molecule has 0 aliphatic carbocycles. The van der Waals surface area contributed by atoms with Gasteiger partial charge in [-0.05, 0) is 36.6 Å². The number of para-hydroxylation sites is 1. The second-order valence-corrected chi connectivity index (χ2v) is 8.11. The van der Waals surface area contributed by atoms with Crippen molar-refractivity contribution in [2.75, 3.05) is 13.2 Å². The molecular weight excluding hydrogens is 412 g/mol. The summed E-state index contributed by atoms with van der Waals surface area (Å²) in [5.41, 5.74) is 3.08. The van der Waals surface area contributed by atoms with Crippen LogP contribution in [0.1, 0.15) is 30.0 Å². The number of amides is 2. The third kappa shape index (κ3) is 7.49. The molecule has 172 valence electrons. The van der Waals surface area contributed by atoms with Crippen molar-refractivity contribution in [2.45, 2.75) is 39.3 Å². The van der Waals surface area contributed by atoms with Crippen molar-refractivity contribution in [3.63, 3.8) is 0 Å². The van der Waals surface area contributed by atoms with Crippen LogP contribution in [0.25, 0.3) is 0 Å². The Kier molecular flexibility index (Phi) is 9.07. The van der Waals surface area contributed by atoms with Gasteiger partial charge in [-0.25, -0.2) is 0 Å². The van der Waals surface area contributed by atoms with Crippen LogP contribution in [-0.2, 0) is 22.6 Å². The Hall–Kier alpha value is -3.60. The lowest BCUT2D eigenvalue weighted by atomic mass is 10.0. The van der Waals surface area contributed by atoms with E-state index < -0.39 is 6.04 Å². The predicted molar refractivity (Wildman–Crippen MR) is 131 cm³/mol. The smallest absolute Gasteiger partial charge is 0.261 e. The van der Waals surface area contributed by atoms with Crippen LogP contribution < -0.4 is 10.1 Å². The zero-order valence-corrected chi connectivity index (χ0v) is 19.4. The fraction of sp³-hybridized carbons (Fsp3) is 0.286. The van der Waals surface area contributed by atoms with Gasteiger partial charge in [0.15, 0.2) is 6.61 Å². The van der Waals surface area contributed by atoms with Gasteiger partial charge in [0, 0.05) is 19.5 Å². The molecule has 5 heteroatoms. The summed E-state index contributed by atoms with van der Waals surface area (Å²) in [7, 11) is 0. The Morgan fingerprint density at radius 2 is 1.58 bits per heavy atom. The highest BCUT2D eigenvalue weighted by Gasteiger charge is 2.30. The number of hydrogen-bond acceptors (Lipinski definition) is 3. The van der Waals surface area contributed by atoms with Gasteiger partial charge in [0.1, 0.15) is 11.8 Å². The highest BCUT2D eigenvalue weighted by atomic mass is 16.5. The monoisotopic (exact) mass is 444 g/mol. The summed E-state index contributed by atoms with van der Waals surface area (Å²) in [5.74, 6) is 0.241. The molecule has 0 spiro atoms. The Labute approximate surface area is 196 Å². The molecule has 0 fully saturated rings. The van der Waals surface area contributed by atoms with E-state index >= 15 is 0 Å². The molecule has 0 aliphatic heterocycles. The maximum absolute atomic E-state index is 13.4. The average Bonchev–Trinajstić information content (AvgIpc) is 2.84. The Morgan fingerprint density at radius 1 is 0.909 bits per heavy atom. The summed E-state index contributed by atoms with van der Waals surface area (Å²) in [4.78, 5) is 28.3. The van der Waals surface area contributed by atoms with Crippen molar-refractivity contribution >= 4 is 11.8 Å². The molecule has 0 bridgehead atoms. The van der Waals surface area contributed by atoms with E-state index in [1.165, 1.54) is 0 Å². The first-order chi connectivity index (χ1) is 16.1. The summed E-state index contributed by atoms with van der Waals surface area (Å²) < 4.78 is 5.75. The Balaban J connectivity index is 1.88. The SMILES string of the molecule is CCCNC(=O)[C@@H](Cc1ccccc1)N(Cc1cccc(C)c1)C(=O)COc1ccccc1. The van der Waals surface area contributed by atoms with Gasteiger partial charge in [-0.15, -0.1) is 0 Å². The van der Waals surface area contributed by atoms with E-state index in [0.29, 0.717) is 25.3 Å². The van der Waals surface area contributed by atoms with E-state index in [1.807, 2.05) is 98.8 Å². The number of rotatable bonds is 11. The standard InChI is InChI=1S/C28H32N2O3/c1-3-17-29-28(32)26(19-23-12-6-4-7-13-23)30(20-24-14-10-11-22(2)18-24)27(31)21-33-25-15-8-5-9-16-25/h4-16,18,26H,3,17,19-21H2,1-2H3,(H,29,32)/t26-/m1/s1. The summed E-state index contributed by atoms with van der Waals surface area (Å²) in [5, 5.41) is 2.99. The average molecular weight is 445 g/mol. The third-order valence-electron chi connectivity index (χ3n) is 5.36. The molecule has 1 N–H and O–H groups in total. The first-order valence-corrected chi connectivity index (χ1v) is 11.4. The highest BCUT2D eigenvalue weighted by Crippen LogP contribution is 2.17. The van der Waals surface area contributed by atoms with Crippen LogP contribution in [0.3, 0.4) is 0 Å². The lowest BCUT2D eigenvalue weighted by molar-refractivity contribution is -0.142. The topological polar surface area (TPSA) is 58.6 Å². The fourth-order valence-corrected chi connectivity index (χ4v) is 3.67. The number of nitrogens with one attached hydrogen (secondary N) is 1. The maximum Gasteiger partial charge on any atom is 0.261 e. The number of hydrogen-bond donors (Lipinski definition) is 1. The van der Waals surface area contributed by atoms with Gasteiger partial charge < -0.3 is 15.0 Å². The van der Waals surface area contributed by atoms with Crippen LogP contribution in [0, 0.1) is 6.92 Å². The molecule has 3 aromatic rings. The molecule has 0 heterocycles. The Morgan fingerprint density at radius 3 is 2.24 bits per heavy atom. The van der Waals surface area contributed by atoms with Crippen molar-refractivity contribution in [1.82, 2.24) is 10.2 Å². The lowest BCUT2D eigenvalue weighted by Crippen LogP contribution is -2.51. The molecule has 2 amide bonds. The summed E-state index contributed by atoms with van der Waals surface area (Å²) >= 11 is 0. The maximum atomic E-state index is 13.4. The van der Waals surface area contributed by atoms with Crippen molar-refractivity contribution in [3.8, 4) is 5.75 Å². The van der Waals surface area contributed by atoms with E-state index in [4.69, 9.17) is 4.74 Å². The van der Waals surface area contributed by atoms with Gasteiger partial charge in [0.05, 0.1) is 0 Å². The highest BCUT2D eigenvalue weighted by molar-refractivity contribution is 5.88. The number of ether oxygens (including phenoxy) is 1. The molecule has 0 saturated heterocycles. The van der Waals surface area contributed by atoms with Gasteiger partial charge in [-0.3, -0.25) is 9.59 Å². The fourth-order valence-electron chi connectivity index (χ4n) is 3.67. The van der Waals surface area contributed by atoms with Crippen LogP contribution in [0.2, 0.25) is 0 Å². The van der Waals surface area contributed by atoms with Crippen molar-refractivity contribution in [2.24, 2.45) is 0 Å². The third-order valence-corrected chi connectivity index (χ3v) is 5.36. The van der Waals surface area contributed by atoms with Crippen molar-refractivity contribution in [3.05, 3.63) is 102 Å². The van der Waals surface area contributed by atoms with E-state index in [9.17, 15) is 9.59 Å². The second kappa shape index (κ2) is 12.4. The summed E-state index contributed by atoms with van der Waals surface area (Å²) in [6.07, 6.45) is 1.26. The molecule has 33 heavy (non-hydrogen) atoms. The first-order valence-electron chi connectivity index (χ1n) is 11.4. The van der Waals surface area contributed by atoms with E-state index in [2.05, 4.69) is 5.32 Å². The van der Waals surface area contributed by atoms with Crippen molar-refractivity contribution in [1.29, 1.82) is 0 Å². The van der Waals surface area contributed by atoms with Gasteiger partial charge in [-0.1, -0.05) is 85.3 Å². The van der Waals surface area contributed by atoms with E-state index in [1.54, 1.807) is 4.90 Å². The minimum absolute atomic E-state index is 0.137. The van der Waals surface area contributed by atoms with E-state index in [0.717, 1.165) is 23.1 Å². The molecule has 0 radical (unpaired) electrons. The van der Waals surface area contributed by atoms with Gasteiger partial charge >= 0.3 is 0 Å². The number of carbonyl (C=O) groups is 2. The van der Waals surface area contributed by atoms with E-state index in [-0.39, 0.29) is 18.4 Å². The molecule has 0 aromatic heterocycles. The zero-order valence-electron chi connectivity index (χ0n) is 19.4. The largest absolute Gasteiger partial charge is 0.484 e. The molecule has 0 unspecified atom stereocenters. The Bertz CT molecular complexity index is 1020. The normalized spacial score (nSPS) is 11.5. The van der Waals surface area contributed by atoms with Crippen molar-refractivity contribution < 1.29 is 14.3 Å². The van der Waals surface area contributed by atoms with Gasteiger partial charge in [0.2, 0.25) is 5.91 Å². The second-order valence-electron chi connectivity index (χ2n) is 8.11. The molecule has 5 nitrogen and oxygen atoms in total. The molecular formula is C28H32N2O3. The summed E-state index contributed by atoms with van der Waals surface area (Å²) in [6.45, 7) is 4.79. The molecule has 3 aromatic carbocycles. The number of nitrogens with zero attached hydrogens (tertiary/aromatic N) is 1. The minimum atomic E-state index is -0.647. The number of carbonyl (C=O) groups excluding carboxylic acids is 2. The molecule has 3 rings (SSSR count). The quantitative estimate of drug-likeness (QED) is 0.472. The predicted octanol–water partition coefficient (Wildman–Crippen LogP) is 4.54. The van der Waals surface area contributed by atoms with Crippen LogP contribution >= 0.6 is 0 Å². The summed E-state index contributed by atoms with van der Waals surface area (Å²) in [6, 6.07) is 26.4. The van der Waals surface area contributed by atoms with Gasteiger partial charge in [-0.2, -0.15) is 0 Å².